The van der Waals surface area contributed by atoms with Crippen molar-refractivity contribution >= 4 is 11.6 Å². The van der Waals surface area contributed by atoms with Crippen LogP contribution in [0.5, 0.6) is 5.75 Å². The molecular formula is C14H14N4O2. The number of ether oxygens (including phenoxy) is 1. The van der Waals surface area contributed by atoms with Crippen molar-refractivity contribution in [3.05, 3.63) is 42.5 Å². The number of hydrogen-bond acceptors (Lipinski definition) is 4. The van der Waals surface area contributed by atoms with E-state index in [4.69, 9.17) is 10.00 Å². The van der Waals surface area contributed by atoms with Gasteiger partial charge in [0, 0.05) is 18.9 Å². The third kappa shape index (κ3) is 3.36. The van der Waals surface area contributed by atoms with Gasteiger partial charge in [-0.15, -0.1) is 0 Å². The number of methoxy groups -OCH3 is 1. The Kier molecular flexibility index (Phi) is 4.35. The van der Waals surface area contributed by atoms with Crippen LogP contribution < -0.4 is 10.1 Å². The second-order valence-corrected chi connectivity index (χ2v) is 4.15. The summed E-state index contributed by atoms with van der Waals surface area (Å²) in [6, 6.07) is 7.34. The number of benzene rings is 1. The number of nitrogens with zero attached hydrogens (tertiary/aromatic N) is 3. The molecule has 0 aliphatic carbocycles. The molecule has 1 amide bonds. The molecule has 0 saturated carbocycles. The van der Waals surface area contributed by atoms with E-state index in [-0.39, 0.29) is 12.3 Å². The van der Waals surface area contributed by atoms with Crippen molar-refractivity contribution in [3.63, 3.8) is 0 Å². The molecule has 1 N–H and O–H groups in total. The Morgan fingerprint density at radius 3 is 3.05 bits per heavy atom. The zero-order chi connectivity index (χ0) is 14.4. The van der Waals surface area contributed by atoms with Gasteiger partial charge in [-0.25, -0.2) is 4.98 Å². The van der Waals surface area contributed by atoms with E-state index >= 15 is 0 Å². The lowest BCUT2D eigenvalue weighted by Gasteiger charge is -2.11. The van der Waals surface area contributed by atoms with Crippen molar-refractivity contribution in [2.75, 3.05) is 12.4 Å². The summed E-state index contributed by atoms with van der Waals surface area (Å²) in [5.41, 5.74) is 1.56. The maximum atomic E-state index is 11.5. The van der Waals surface area contributed by atoms with Crippen molar-refractivity contribution in [1.82, 2.24) is 9.55 Å². The number of rotatable bonds is 5. The molecule has 0 spiro atoms. The van der Waals surface area contributed by atoms with E-state index in [2.05, 4.69) is 10.3 Å². The van der Waals surface area contributed by atoms with Gasteiger partial charge in [-0.3, -0.25) is 4.79 Å². The lowest BCUT2D eigenvalue weighted by atomic mass is 10.1. The average Bonchev–Trinajstić information content (AvgIpc) is 2.92. The summed E-state index contributed by atoms with van der Waals surface area (Å²) in [5.74, 6) is 0.205. The topological polar surface area (TPSA) is 79.9 Å². The largest absolute Gasteiger partial charge is 0.495 e. The minimum Gasteiger partial charge on any atom is -0.495 e. The number of nitriles is 1. The molecule has 0 aliphatic heterocycles. The molecule has 0 radical (unpaired) electrons. The second kappa shape index (κ2) is 6.38. The highest BCUT2D eigenvalue weighted by molar-refractivity contribution is 5.93. The van der Waals surface area contributed by atoms with Crippen LogP contribution in [0.2, 0.25) is 0 Å². The monoisotopic (exact) mass is 270 g/mol. The number of hydrogen-bond donors (Lipinski definition) is 1. The number of imidazole rings is 1. The lowest BCUT2D eigenvalue weighted by Crippen LogP contribution is -2.11. The van der Waals surface area contributed by atoms with Gasteiger partial charge in [-0.05, 0) is 17.7 Å². The van der Waals surface area contributed by atoms with Gasteiger partial charge in [0.1, 0.15) is 12.2 Å². The molecule has 102 valence electrons. The second-order valence-electron chi connectivity index (χ2n) is 4.15. The Labute approximate surface area is 116 Å². The summed E-state index contributed by atoms with van der Waals surface area (Å²) in [6.07, 6.45) is 5.10. The Morgan fingerprint density at radius 1 is 1.55 bits per heavy atom. The first-order chi connectivity index (χ1) is 9.72. The summed E-state index contributed by atoms with van der Waals surface area (Å²) in [4.78, 5) is 15.5. The van der Waals surface area contributed by atoms with E-state index in [1.165, 1.54) is 7.11 Å². The van der Waals surface area contributed by atoms with E-state index in [0.29, 0.717) is 18.0 Å². The van der Waals surface area contributed by atoms with Gasteiger partial charge in [-0.1, -0.05) is 6.07 Å². The number of carbonyl (C=O) groups is 1. The zero-order valence-corrected chi connectivity index (χ0v) is 11.0. The third-order valence-corrected chi connectivity index (χ3v) is 2.70. The number of anilines is 1. The smallest absolute Gasteiger partial charge is 0.238 e. The first kappa shape index (κ1) is 13.6. The fraction of sp³-hybridized carbons (Fsp3) is 0.214. The fourth-order valence-corrected chi connectivity index (χ4v) is 1.81. The third-order valence-electron chi connectivity index (χ3n) is 2.70. The Bertz CT molecular complexity index is 629. The highest BCUT2D eigenvalue weighted by atomic mass is 16.5. The van der Waals surface area contributed by atoms with Crippen LogP contribution in [0.25, 0.3) is 0 Å². The van der Waals surface area contributed by atoms with E-state index < -0.39 is 0 Å². The van der Waals surface area contributed by atoms with Crippen LogP contribution in [0.15, 0.2) is 36.9 Å². The molecule has 0 atom stereocenters. The maximum absolute atomic E-state index is 11.5. The van der Waals surface area contributed by atoms with Crippen molar-refractivity contribution < 1.29 is 9.53 Å². The van der Waals surface area contributed by atoms with Crippen LogP contribution in [0, 0.1) is 11.3 Å². The summed E-state index contributed by atoms with van der Waals surface area (Å²) in [6.45, 7) is 0.644. The highest BCUT2D eigenvalue weighted by Crippen LogP contribution is 2.26. The van der Waals surface area contributed by atoms with Crippen molar-refractivity contribution in [3.8, 4) is 11.8 Å². The van der Waals surface area contributed by atoms with Gasteiger partial charge in [0.05, 0.1) is 25.2 Å². The first-order valence-electron chi connectivity index (χ1n) is 6.02. The van der Waals surface area contributed by atoms with E-state index in [1.807, 2.05) is 29.0 Å². The van der Waals surface area contributed by atoms with Crippen LogP contribution in [0.3, 0.4) is 0 Å². The lowest BCUT2D eigenvalue weighted by molar-refractivity contribution is -0.115. The molecule has 0 saturated heterocycles. The van der Waals surface area contributed by atoms with Crippen molar-refractivity contribution in [2.24, 2.45) is 0 Å². The van der Waals surface area contributed by atoms with Crippen LogP contribution in [0.1, 0.15) is 12.0 Å². The van der Waals surface area contributed by atoms with E-state index in [9.17, 15) is 4.79 Å². The molecule has 0 unspecified atom stereocenters. The van der Waals surface area contributed by atoms with Gasteiger partial charge < -0.3 is 14.6 Å². The van der Waals surface area contributed by atoms with Gasteiger partial charge >= 0.3 is 0 Å². The summed E-state index contributed by atoms with van der Waals surface area (Å²) in [5, 5.41) is 11.2. The quantitative estimate of drug-likeness (QED) is 0.898. The molecule has 20 heavy (non-hydrogen) atoms. The van der Waals surface area contributed by atoms with Crippen molar-refractivity contribution in [2.45, 2.75) is 13.0 Å². The molecule has 6 nitrogen and oxygen atoms in total. The summed E-state index contributed by atoms with van der Waals surface area (Å²) in [7, 11) is 1.53. The Balaban J connectivity index is 2.20. The molecule has 6 heteroatoms. The number of carbonyl (C=O) groups excluding carboxylic acids is 1. The van der Waals surface area contributed by atoms with Crippen LogP contribution in [0.4, 0.5) is 5.69 Å². The number of amides is 1. The fourth-order valence-electron chi connectivity index (χ4n) is 1.81. The standard InChI is InChI=1S/C14H14N4O2/c1-20-13-3-2-11(9-18-7-6-16-10-18)8-12(13)17-14(19)4-5-15/h2-3,6-8,10H,4,9H2,1H3,(H,17,19). The highest BCUT2D eigenvalue weighted by Gasteiger charge is 2.08. The van der Waals surface area contributed by atoms with Crippen LogP contribution in [-0.4, -0.2) is 22.6 Å². The molecule has 2 rings (SSSR count). The SMILES string of the molecule is COc1ccc(Cn2ccnc2)cc1NC(=O)CC#N. The zero-order valence-electron chi connectivity index (χ0n) is 11.0. The molecular weight excluding hydrogens is 256 g/mol. The average molecular weight is 270 g/mol. The summed E-state index contributed by atoms with van der Waals surface area (Å²) >= 11 is 0. The van der Waals surface area contributed by atoms with E-state index in [0.717, 1.165) is 5.56 Å². The molecule has 0 bridgehead atoms. The first-order valence-corrected chi connectivity index (χ1v) is 6.02. The predicted molar refractivity (Wildman–Crippen MR) is 73.2 cm³/mol. The molecule has 1 aromatic heterocycles. The van der Waals surface area contributed by atoms with Crippen molar-refractivity contribution in [1.29, 1.82) is 5.26 Å². The van der Waals surface area contributed by atoms with E-state index in [1.54, 1.807) is 18.6 Å². The maximum Gasteiger partial charge on any atom is 0.238 e. The molecule has 2 aromatic rings. The van der Waals surface area contributed by atoms with Gasteiger partial charge in [0.25, 0.3) is 0 Å². The van der Waals surface area contributed by atoms with Gasteiger partial charge in [0.2, 0.25) is 5.91 Å². The van der Waals surface area contributed by atoms with Crippen LogP contribution in [-0.2, 0) is 11.3 Å². The molecule has 1 heterocycles. The Hall–Kier alpha value is -2.81. The van der Waals surface area contributed by atoms with Crippen LogP contribution >= 0.6 is 0 Å². The molecule has 0 fully saturated rings. The van der Waals surface area contributed by atoms with Gasteiger partial charge in [-0.2, -0.15) is 5.26 Å². The normalized spacial score (nSPS) is 9.80. The number of aromatic nitrogens is 2. The Morgan fingerprint density at radius 2 is 2.40 bits per heavy atom. The molecule has 1 aromatic carbocycles. The predicted octanol–water partition coefficient (Wildman–Crippen LogP) is 1.79. The van der Waals surface area contributed by atoms with Gasteiger partial charge in [0.15, 0.2) is 0 Å². The molecule has 0 aliphatic rings. The summed E-state index contributed by atoms with van der Waals surface area (Å²) < 4.78 is 7.12. The minimum absolute atomic E-state index is 0.186. The minimum atomic E-state index is -0.356. The number of nitrogens with one attached hydrogen (secondary N) is 1.